The number of morpholine rings is 1. The van der Waals surface area contributed by atoms with Gasteiger partial charge in [-0.05, 0) is 61.4 Å². The molecule has 2 aromatic carbocycles. The van der Waals surface area contributed by atoms with Gasteiger partial charge in [0.15, 0.2) is 0 Å². The first-order valence-corrected chi connectivity index (χ1v) is 10.7. The van der Waals surface area contributed by atoms with E-state index in [4.69, 9.17) is 4.74 Å². The highest BCUT2D eigenvalue weighted by Gasteiger charge is 2.16. The van der Waals surface area contributed by atoms with Crippen LogP contribution in [-0.4, -0.2) is 37.5 Å². The number of thioether (sulfide) groups is 1. The molecule has 0 spiro atoms. The number of hydrogen-bond acceptors (Lipinski definition) is 4. The van der Waals surface area contributed by atoms with Crippen molar-refractivity contribution in [1.82, 2.24) is 0 Å². The summed E-state index contributed by atoms with van der Waals surface area (Å²) >= 11 is 1.96. The average molecular weight is 383 g/mol. The molecule has 0 bridgehead atoms. The van der Waals surface area contributed by atoms with E-state index in [0.29, 0.717) is 5.56 Å². The Bertz CT molecular complexity index is 749. The third-order valence-electron chi connectivity index (χ3n) is 5.22. The van der Waals surface area contributed by atoms with Crippen molar-refractivity contribution in [2.45, 2.75) is 35.8 Å². The summed E-state index contributed by atoms with van der Waals surface area (Å²) in [5.74, 6) is -0.0697. The number of amides is 1. The van der Waals surface area contributed by atoms with Crippen molar-refractivity contribution in [2.75, 3.05) is 36.5 Å². The van der Waals surface area contributed by atoms with Crippen molar-refractivity contribution in [3.8, 4) is 0 Å². The zero-order chi connectivity index (χ0) is 18.5. The van der Waals surface area contributed by atoms with Gasteiger partial charge in [0.25, 0.3) is 5.91 Å². The Morgan fingerprint density at radius 3 is 2.30 bits per heavy atom. The standard InChI is InChI=1S/C22H26N2O2S/c25-22(17-5-9-19(10-6-17)24-13-15-26-16-14-24)23-18-7-11-21(12-8-18)27-20-3-1-2-4-20/h5-12,20H,1-4,13-16H2,(H,23,25). The molecule has 1 amide bonds. The fourth-order valence-corrected chi connectivity index (χ4v) is 4.91. The molecule has 2 fully saturated rings. The second-order valence-electron chi connectivity index (χ2n) is 7.15. The second-order valence-corrected chi connectivity index (χ2v) is 8.52. The maximum atomic E-state index is 12.5. The molecule has 1 heterocycles. The maximum Gasteiger partial charge on any atom is 0.255 e. The highest BCUT2D eigenvalue weighted by atomic mass is 32.2. The molecule has 0 unspecified atom stereocenters. The van der Waals surface area contributed by atoms with Crippen LogP contribution in [0.2, 0.25) is 0 Å². The zero-order valence-corrected chi connectivity index (χ0v) is 16.3. The first-order valence-electron chi connectivity index (χ1n) is 9.79. The molecule has 2 aliphatic rings. The van der Waals surface area contributed by atoms with Crippen molar-refractivity contribution < 1.29 is 9.53 Å². The predicted octanol–water partition coefficient (Wildman–Crippen LogP) is 4.81. The summed E-state index contributed by atoms with van der Waals surface area (Å²) in [6.45, 7) is 3.32. The Hall–Kier alpha value is -1.98. The lowest BCUT2D eigenvalue weighted by molar-refractivity contribution is 0.102. The van der Waals surface area contributed by atoms with E-state index >= 15 is 0 Å². The molecule has 1 aliphatic carbocycles. The Labute approximate surface area is 165 Å². The molecule has 0 aromatic heterocycles. The topological polar surface area (TPSA) is 41.6 Å². The third kappa shape index (κ3) is 4.85. The summed E-state index contributed by atoms with van der Waals surface area (Å²) in [6, 6.07) is 16.0. The third-order valence-corrected chi connectivity index (χ3v) is 6.57. The number of nitrogens with one attached hydrogen (secondary N) is 1. The molecule has 1 N–H and O–H groups in total. The van der Waals surface area contributed by atoms with Crippen LogP contribution < -0.4 is 10.2 Å². The van der Waals surface area contributed by atoms with Gasteiger partial charge in [0.05, 0.1) is 13.2 Å². The molecule has 4 nitrogen and oxygen atoms in total. The van der Waals surface area contributed by atoms with Crippen molar-refractivity contribution in [3.63, 3.8) is 0 Å². The summed E-state index contributed by atoms with van der Waals surface area (Å²) in [5, 5.41) is 3.76. The van der Waals surface area contributed by atoms with E-state index < -0.39 is 0 Å². The van der Waals surface area contributed by atoms with Crippen LogP contribution in [0, 0.1) is 0 Å². The van der Waals surface area contributed by atoms with Crippen molar-refractivity contribution in [3.05, 3.63) is 54.1 Å². The van der Waals surface area contributed by atoms with E-state index in [2.05, 4.69) is 22.3 Å². The predicted molar refractivity (Wildman–Crippen MR) is 112 cm³/mol. The van der Waals surface area contributed by atoms with Crippen molar-refractivity contribution in [1.29, 1.82) is 0 Å². The minimum absolute atomic E-state index is 0.0697. The highest BCUT2D eigenvalue weighted by molar-refractivity contribution is 8.00. The van der Waals surface area contributed by atoms with Gasteiger partial charge in [0, 0.05) is 40.2 Å². The van der Waals surface area contributed by atoms with Gasteiger partial charge in [0.1, 0.15) is 0 Å². The summed E-state index contributed by atoms with van der Waals surface area (Å²) in [4.78, 5) is 16.1. The van der Waals surface area contributed by atoms with Gasteiger partial charge >= 0.3 is 0 Å². The molecular weight excluding hydrogens is 356 g/mol. The van der Waals surface area contributed by atoms with Crippen LogP contribution in [0.15, 0.2) is 53.4 Å². The molecule has 4 rings (SSSR count). The lowest BCUT2D eigenvalue weighted by Gasteiger charge is -2.28. The van der Waals surface area contributed by atoms with Crippen molar-refractivity contribution >= 4 is 29.0 Å². The number of carbonyl (C=O) groups excluding carboxylic acids is 1. The van der Waals surface area contributed by atoms with Crippen LogP contribution in [0.4, 0.5) is 11.4 Å². The summed E-state index contributed by atoms with van der Waals surface area (Å²) in [5.41, 5.74) is 2.66. The lowest BCUT2D eigenvalue weighted by Crippen LogP contribution is -2.36. The molecule has 0 radical (unpaired) electrons. The number of nitrogens with zero attached hydrogens (tertiary/aromatic N) is 1. The van der Waals surface area contributed by atoms with Crippen LogP contribution in [0.3, 0.4) is 0 Å². The van der Waals surface area contributed by atoms with Gasteiger partial charge in [0.2, 0.25) is 0 Å². The zero-order valence-electron chi connectivity index (χ0n) is 15.5. The number of benzene rings is 2. The van der Waals surface area contributed by atoms with Gasteiger partial charge in [-0.1, -0.05) is 12.8 Å². The van der Waals surface area contributed by atoms with Gasteiger partial charge < -0.3 is 15.0 Å². The van der Waals surface area contributed by atoms with Gasteiger partial charge in [-0.2, -0.15) is 0 Å². The van der Waals surface area contributed by atoms with Gasteiger partial charge in [-0.15, -0.1) is 11.8 Å². The highest BCUT2D eigenvalue weighted by Crippen LogP contribution is 2.35. The molecule has 0 atom stereocenters. The second kappa shape index (κ2) is 8.81. The SMILES string of the molecule is O=C(Nc1ccc(SC2CCCC2)cc1)c1ccc(N2CCOCC2)cc1. The minimum atomic E-state index is -0.0697. The summed E-state index contributed by atoms with van der Waals surface area (Å²) < 4.78 is 5.39. The van der Waals surface area contributed by atoms with Gasteiger partial charge in [-0.3, -0.25) is 4.79 Å². The van der Waals surface area contributed by atoms with E-state index in [1.807, 2.05) is 48.2 Å². The smallest absolute Gasteiger partial charge is 0.255 e. The Morgan fingerprint density at radius 2 is 1.63 bits per heavy atom. The fourth-order valence-electron chi connectivity index (χ4n) is 3.66. The molecule has 2 aromatic rings. The Morgan fingerprint density at radius 1 is 0.963 bits per heavy atom. The number of rotatable bonds is 5. The van der Waals surface area contributed by atoms with Crippen molar-refractivity contribution in [2.24, 2.45) is 0 Å². The number of ether oxygens (including phenoxy) is 1. The largest absolute Gasteiger partial charge is 0.378 e. The van der Waals surface area contributed by atoms with Crippen LogP contribution in [-0.2, 0) is 4.74 Å². The molecule has 1 saturated carbocycles. The Balaban J connectivity index is 1.34. The first-order chi connectivity index (χ1) is 13.3. The van der Waals surface area contributed by atoms with E-state index in [1.54, 1.807) is 0 Å². The van der Waals surface area contributed by atoms with E-state index in [9.17, 15) is 4.79 Å². The maximum absolute atomic E-state index is 12.5. The van der Waals surface area contributed by atoms with Crippen LogP contribution in [0.25, 0.3) is 0 Å². The number of carbonyl (C=O) groups is 1. The van der Waals surface area contributed by atoms with Crippen LogP contribution >= 0.6 is 11.8 Å². The molecule has 1 saturated heterocycles. The minimum Gasteiger partial charge on any atom is -0.378 e. The quantitative estimate of drug-likeness (QED) is 0.806. The molecule has 27 heavy (non-hydrogen) atoms. The average Bonchev–Trinajstić information content (AvgIpc) is 3.23. The Kier molecular flexibility index (Phi) is 6.00. The van der Waals surface area contributed by atoms with Crippen LogP contribution in [0.1, 0.15) is 36.0 Å². The van der Waals surface area contributed by atoms with E-state index in [0.717, 1.165) is 42.9 Å². The number of anilines is 2. The summed E-state index contributed by atoms with van der Waals surface area (Å²) in [7, 11) is 0. The van der Waals surface area contributed by atoms with E-state index in [1.165, 1.54) is 30.6 Å². The lowest BCUT2D eigenvalue weighted by atomic mass is 10.1. The fraction of sp³-hybridized carbons (Fsp3) is 0.409. The summed E-state index contributed by atoms with van der Waals surface area (Å²) in [6.07, 6.45) is 5.36. The number of hydrogen-bond donors (Lipinski definition) is 1. The molecular formula is C22H26N2O2S. The van der Waals surface area contributed by atoms with Gasteiger partial charge in [-0.25, -0.2) is 0 Å². The molecule has 1 aliphatic heterocycles. The first kappa shape index (κ1) is 18.4. The van der Waals surface area contributed by atoms with Crippen LogP contribution in [0.5, 0.6) is 0 Å². The monoisotopic (exact) mass is 382 g/mol. The van der Waals surface area contributed by atoms with E-state index in [-0.39, 0.29) is 5.91 Å². The molecule has 142 valence electrons. The normalized spacial score (nSPS) is 17.9. The molecule has 5 heteroatoms.